The van der Waals surface area contributed by atoms with E-state index in [2.05, 4.69) is 36.1 Å². The number of anilines is 2. The summed E-state index contributed by atoms with van der Waals surface area (Å²) in [6.45, 7) is 1.94. The van der Waals surface area contributed by atoms with E-state index in [9.17, 15) is 4.79 Å². The summed E-state index contributed by atoms with van der Waals surface area (Å²) in [5.41, 5.74) is 3.92. The topological polar surface area (TPSA) is 59.0 Å². The van der Waals surface area contributed by atoms with Crippen molar-refractivity contribution in [2.75, 3.05) is 17.2 Å². The van der Waals surface area contributed by atoms with Crippen molar-refractivity contribution in [3.8, 4) is 11.3 Å². The van der Waals surface area contributed by atoms with Crippen LogP contribution in [0.2, 0.25) is 0 Å². The second-order valence-corrected chi connectivity index (χ2v) is 5.85. The van der Waals surface area contributed by atoms with Crippen molar-refractivity contribution in [2.45, 2.75) is 19.4 Å². The average Bonchev–Trinajstić information content (AvgIpc) is 2.98. The molecule has 0 saturated carbocycles. The molecule has 20 heavy (non-hydrogen) atoms. The number of aromatic nitrogens is 2. The summed E-state index contributed by atoms with van der Waals surface area (Å²) in [5, 5.41) is 6.16. The van der Waals surface area contributed by atoms with E-state index in [4.69, 9.17) is 0 Å². The van der Waals surface area contributed by atoms with Gasteiger partial charge < -0.3 is 15.2 Å². The molecule has 6 heteroatoms. The lowest BCUT2D eigenvalue weighted by Gasteiger charge is -2.15. The molecule has 1 aromatic heterocycles. The quantitative estimate of drug-likeness (QED) is 0.843. The van der Waals surface area contributed by atoms with Crippen molar-refractivity contribution < 1.29 is 4.79 Å². The van der Waals surface area contributed by atoms with E-state index >= 15 is 0 Å². The molecule has 0 atom stereocenters. The predicted octanol–water partition coefficient (Wildman–Crippen LogP) is 2.62. The molecule has 102 valence electrons. The zero-order valence-corrected chi connectivity index (χ0v) is 12.3. The molecule has 0 bridgehead atoms. The van der Waals surface area contributed by atoms with Gasteiger partial charge >= 0.3 is 0 Å². The number of nitrogens with one attached hydrogen (secondary N) is 2. The summed E-state index contributed by atoms with van der Waals surface area (Å²) in [7, 11) is 0. The van der Waals surface area contributed by atoms with Crippen LogP contribution in [-0.4, -0.2) is 22.0 Å². The number of imidazole rings is 1. The molecule has 0 aliphatic carbocycles. The second kappa shape index (κ2) is 4.34. The normalized spacial score (nSPS) is 16.4. The van der Waals surface area contributed by atoms with Gasteiger partial charge in [0.05, 0.1) is 6.42 Å². The van der Waals surface area contributed by atoms with Crippen LogP contribution in [0, 0.1) is 0 Å². The third-order valence-electron chi connectivity index (χ3n) is 3.75. The van der Waals surface area contributed by atoms with Crippen molar-refractivity contribution >= 4 is 33.5 Å². The minimum Gasteiger partial charge on any atom is -0.356 e. The van der Waals surface area contributed by atoms with Gasteiger partial charge in [-0.3, -0.25) is 4.79 Å². The van der Waals surface area contributed by atoms with Gasteiger partial charge in [-0.1, -0.05) is 6.07 Å². The molecule has 1 aromatic carbocycles. The molecule has 0 radical (unpaired) electrons. The summed E-state index contributed by atoms with van der Waals surface area (Å²) in [6.07, 6.45) is 1.55. The Labute approximate surface area is 124 Å². The zero-order valence-electron chi connectivity index (χ0n) is 10.7. The van der Waals surface area contributed by atoms with Crippen molar-refractivity contribution in [1.82, 2.24) is 9.55 Å². The lowest BCUT2D eigenvalue weighted by molar-refractivity contribution is -0.115. The van der Waals surface area contributed by atoms with Crippen LogP contribution in [0.25, 0.3) is 11.3 Å². The smallest absolute Gasteiger partial charge is 0.228 e. The molecule has 2 aliphatic rings. The first-order chi connectivity index (χ1) is 9.72. The molecule has 1 amide bonds. The van der Waals surface area contributed by atoms with E-state index < -0.39 is 0 Å². The fourth-order valence-electron chi connectivity index (χ4n) is 2.77. The number of carbonyl (C=O) groups excluding carboxylic acids is 1. The molecule has 0 spiro atoms. The summed E-state index contributed by atoms with van der Waals surface area (Å²) < 4.78 is 3.15. The van der Waals surface area contributed by atoms with Crippen molar-refractivity contribution in [3.63, 3.8) is 0 Å². The van der Waals surface area contributed by atoms with Crippen molar-refractivity contribution in [2.24, 2.45) is 0 Å². The van der Waals surface area contributed by atoms with Crippen LogP contribution in [0.4, 0.5) is 11.6 Å². The maximum absolute atomic E-state index is 11.4. The lowest BCUT2D eigenvalue weighted by Crippen LogP contribution is -2.17. The Morgan fingerprint density at radius 2 is 2.25 bits per heavy atom. The number of benzene rings is 1. The number of halogens is 1. The third kappa shape index (κ3) is 1.75. The molecule has 5 nitrogen and oxygen atoms in total. The van der Waals surface area contributed by atoms with Crippen LogP contribution in [0.5, 0.6) is 0 Å². The highest BCUT2D eigenvalue weighted by atomic mass is 79.9. The van der Waals surface area contributed by atoms with Gasteiger partial charge in [-0.25, -0.2) is 4.98 Å². The van der Waals surface area contributed by atoms with E-state index in [0.717, 1.165) is 52.6 Å². The second-order valence-electron chi connectivity index (χ2n) is 5.10. The highest BCUT2D eigenvalue weighted by Gasteiger charge is 2.22. The van der Waals surface area contributed by atoms with E-state index in [1.54, 1.807) is 0 Å². The first kappa shape index (κ1) is 12.0. The Bertz CT molecular complexity index is 722. The first-order valence-electron chi connectivity index (χ1n) is 6.65. The number of amides is 1. The van der Waals surface area contributed by atoms with E-state index in [0.29, 0.717) is 6.42 Å². The number of fused-ring (bicyclic) bond motifs is 2. The zero-order chi connectivity index (χ0) is 13.7. The third-order valence-corrected chi connectivity index (χ3v) is 4.55. The molecule has 0 saturated heterocycles. The number of rotatable bonds is 1. The SMILES string of the molecule is O=C1Cc2cc(-c3nc4n(c3Br)CCCN4)ccc2N1. The Morgan fingerprint density at radius 1 is 1.35 bits per heavy atom. The highest BCUT2D eigenvalue weighted by Crippen LogP contribution is 2.35. The van der Waals surface area contributed by atoms with Crippen molar-refractivity contribution in [1.29, 1.82) is 0 Å². The molecule has 0 fully saturated rings. The molecular weight excluding hydrogens is 320 g/mol. The van der Waals surface area contributed by atoms with Crippen LogP contribution in [0.1, 0.15) is 12.0 Å². The lowest BCUT2D eigenvalue weighted by atomic mass is 10.1. The van der Waals surface area contributed by atoms with Gasteiger partial charge in [0.25, 0.3) is 0 Å². The van der Waals surface area contributed by atoms with Crippen LogP contribution < -0.4 is 10.6 Å². The summed E-state index contributed by atoms with van der Waals surface area (Å²) in [4.78, 5) is 16.1. The average molecular weight is 333 g/mol. The monoisotopic (exact) mass is 332 g/mol. The highest BCUT2D eigenvalue weighted by molar-refractivity contribution is 9.10. The standard InChI is InChI=1S/C14H13BrN4O/c15-13-12(18-14-16-4-1-5-19(13)14)8-2-3-10-9(6-8)7-11(20)17-10/h2-3,6H,1,4-5,7H2,(H,16,18)(H,17,20). The van der Waals surface area contributed by atoms with E-state index in [1.807, 2.05) is 18.2 Å². The fraction of sp³-hybridized carbons (Fsp3) is 0.286. The number of carbonyl (C=O) groups is 1. The van der Waals surface area contributed by atoms with Crippen LogP contribution >= 0.6 is 15.9 Å². The largest absolute Gasteiger partial charge is 0.356 e. The van der Waals surface area contributed by atoms with Crippen LogP contribution in [0.3, 0.4) is 0 Å². The molecular formula is C14H13BrN4O. The maximum Gasteiger partial charge on any atom is 0.228 e. The van der Waals surface area contributed by atoms with Gasteiger partial charge in [0, 0.05) is 24.3 Å². The Balaban J connectivity index is 1.80. The van der Waals surface area contributed by atoms with E-state index in [1.165, 1.54) is 0 Å². The van der Waals surface area contributed by atoms with Gasteiger partial charge in [-0.15, -0.1) is 0 Å². The molecule has 2 aromatic rings. The minimum atomic E-state index is 0.0574. The Morgan fingerprint density at radius 3 is 3.10 bits per heavy atom. The Kier molecular flexibility index (Phi) is 2.60. The summed E-state index contributed by atoms with van der Waals surface area (Å²) >= 11 is 3.64. The number of nitrogens with zero attached hydrogens (tertiary/aromatic N) is 2. The van der Waals surface area contributed by atoms with Crippen molar-refractivity contribution in [3.05, 3.63) is 28.4 Å². The summed E-state index contributed by atoms with van der Waals surface area (Å²) in [6, 6.07) is 6.00. The van der Waals surface area contributed by atoms with Gasteiger partial charge in [0.1, 0.15) is 10.3 Å². The van der Waals surface area contributed by atoms with E-state index in [-0.39, 0.29) is 5.91 Å². The molecule has 4 rings (SSSR count). The molecule has 2 aliphatic heterocycles. The predicted molar refractivity (Wildman–Crippen MR) is 80.8 cm³/mol. The van der Waals surface area contributed by atoms with Gasteiger partial charge in [0.15, 0.2) is 0 Å². The maximum atomic E-state index is 11.4. The first-order valence-corrected chi connectivity index (χ1v) is 7.45. The van der Waals surface area contributed by atoms with Gasteiger partial charge in [-0.2, -0.15) is 0 Å². The van der Waals surface area contributed by atoms with Crippen LogP contribution in [0.15, 0.2) is 22.8 Å². The molecule has 2 N–H and O–H groups in total. The Hall–Kier alpha value is -1.82. The van der Waals surface area contributed by atoms with Gasteiger partial charge in [-0.05, 0) is 40.0 Å². The number of hydrogen-bond acceptors (Lipinski definition) is 3. The minimum absolute atomic E-state index is 0.0574. The van der Waals surface area contributed by atoms with Gasteiger partial charge in [0.2, 0.25) is 11.9 Å². The molecule has 0 unspecified atom stereocenters. The van der Waals surface area contributed by atoms with Crippen LogP contribution in [-0.2, 0) is 17.8 Å². The fourth-order valence-corrected chi connectivity index (χ4v) is 3.43. The molecule has 3 heterocycles. The number of hydrogen-bond donors (Lipinski definition) is 2. The summed E-state index contributed by atoms with van der Waals surface area (Å²) in [5.74, 6) is 0.967.